The first kappa shape index (κ1) is 27.7. The summed E-state index contributed by atoms with van der Waals surface area (Å²) in [5.41, 5.74) is 1.36. The molecule has 8 heteroatoms. The monoisotopic (exact) mass is 529 g/mol. The Morgan fingerprint density at radius 1 is 0.974 bits per heavy atom. The number of aromatic nitrogens is 2. The van der Waals surface area contributed by atoms with E-state index in [4.69, 9.17) is 19.2 Å². The molecule has 3 aromatic carbocycles. The van der Waals surface area contributed by atoms with Crippen LogP contribution < -0.4 is 19.8 Å². The highest BCUT2D eigenvalue weighted by Crippen LogP contribution is 2.30. The molecule has 4 rings (SSSR count). The van der Waals surface area contributed by atoms with E-state index in [-0.39, 0.29) is 11.5 Å². The van der Waals surface area contributed by atoms with Crippen LogP contribution >= 0.6 is 0 Å². The van der Waals surface area contributed by atoms with Crippen LogP contribution in [-0.4, -0.2) is 47.7 Å². The second-order valence-electron chi connectivity index (χ2n) is 9.16. The van der Waals surface area contributed by atoms with Gasteiger partial charge in [0.2, 0.25) is 0 Å². The molecule has 39 heavy (non-hydrogen) atoms. The van der Waals surface area contributed by atoms with E-state index in [1.165, 1.54) is 0 Å². The summed E-state index contributed by atoms with van der Waals surface area (Å²) in [6, 6.07) is 19.2. The zero-order chi connectivity index (χ0) is 27.9. The number of unbranched alkanes of at least 4 members (excludes halogenated alkanes) is 1. The number of para-hydroxylation sites is 3. The number of nitrogens with zero attached hydrogens (tertiary/aromatic N) is 3. The first-order valence-corrected chi connectivity index (χ1v) is 13.2. The zero-order valence-corrected chi connectivity index (χ0v) is 23.1. The molecule has 0 aliphatic rings. The van der Waals surface area contributed by atoms with Gasteiger partial charge in [-0.3, -0.25) is 14.2 Å². The Hall–Kier alpha value is -4.33. The van der Waals surface area contributed by atoms with Gasteiger partial charge in [0.25, 0.3) is 11.5 Å². The molecule has 0 radical (unpaired) electrons. The minimum atomic E-state index is -0.548. The standard InChI is InChI=1S/C31H35N3O5/c1-6-8-17-33(30(35)22-18-23(37-4)20-24(19-22)38-5)21(3)29-32-26-14-10-9-13-25(26)31(36)34(29)27-15-11-12-16-28(27)39-7-2/h9-16,18-21H,6-8,17H2,1-5H3. The molecule has 0 saturated carbocycles. The maximum Gasteiger partial charge on any atom is 0.266 e. The summed E-state index contributed by atoms with van der Waals surface area (Å²) in [5.74, 6) is 1.85. The van der Waals surface area contributed by atoms with Crippen molar-refractivity contribution in [2.75, 3.05) is 27.4 Å². The average molecular weight is 530 g/mol. The molecule has 0 saturated heterocycles. The van der Waals surface area contributed by atoms with E-state index in [1.54, 1.807) is 48.0 Å². The van der Waals surface area contributed by atoms with Gasteiger partial charge >= 0.3 is 0 Å². The third kappa shape index (κ3) is 5.74. The normalized spacial score (nSPS) is 11.7. The molecule has 4 aromatic rings. The Kier molecular flexibility index (Phi) is 8.86. The molecule has 1 amide bonds. The van der Waals surface area contributed by atoms with E-state index in [2.05, 4.69) is 6.92 Å². The molecule has 8 nitrogen and oxygen atoms in total. The molecular weight excluding hydrogens is 494 g/mol. The quantitative estimate of drug-likeness (QED) is 0.244. The Morgan fingerprint density at radius 2 is 1.64 bits per heavy atom. The number of hydrogen-bond acceptors (Lipinski definition) is 6. The van der Waals surface area contributed by atoms with E-state index < -0.39 is 6.04 Å². The molecule has 204 valence electrons. The van der Waals surface area contributed by atoms with Gasteiger partial charge in [0.15, 0.2) is 0 Å². The molecule has 0 N–H and O–H groups in total. The second kappa shape index (κ2) is 12.5. The summed E-state index contributed by atoms with van der Waals surface area (Å²) in [5, 5.41) is 0.490. The molecule has 0 aliphatic heterocycles. The van der Waals surface area contributed by atoms with Crippen molar-refractivity contribution in [1.82, 2.24) is 14.5 Å². The van der Waals surface area contributed by atoms with Gasteiger partial charge in [-0.05, 0) is 56.7 Å². The fourth-order valence-electron chi connectivity index (χ4n) is 4.62. The maximum atomic E-state index is 14.0. The van der Waals surface area contributed by atoms with Gasteiger partial charge in [0.05, 0.1) is 43.5 Å². The van der Waals surface area contributed by atoms with Gasteiger partial charge in [-0.25, -0.2) is 4.98 Å². The Balaban J connectivity index is 1.93. The van der Waals surface area contributed by atoms with Crippen LogP contribution in [0.25, 0.3) is 16.6 Å². The molecule has 1 atom stereocenters. The van der Waals surface area contributed by atoms with Crippen molar-refractivity contribution in [2.24, 2.45) is 0 Å². The summed E-state index contributed by atoms with van der Waals surface area (Å²) in [6.07, 6.45) is 1.67. The second-order valence-corrected chi connectivity index (χ2v) is 9.16. The average Bonchev–Trinajstić information content (AvgIpc) is 2.97. The van der Waals surface area contributed by atoms with E-state index in [0.717, 1.165) is 12.8 Å². The van der Waals surface area contributed by atoms with Crippen molar-refractivity contribution >= 4 is 16.8 Å². The van der Waals surface area contributed by atoms with Crippen molar-refractivity contribution in [3.8, 4) is 22.9 Å². The Morgan fingerprint density at radius 3 is 2.31 bits per heavy atom. The SMILES string of the molecule is CCCCN(C(=O)c1cc(OC)cc(OC)c1)C(C)c1nc2ccccc2c(=O)n1-c1ccccc1OCC. The maximum absolute atomic E-state index is 14.0. The van der Waals surface area contributed by atoms with Gasteiger partial charge in [-0.1, -0.05) is 37.6 Å². The van der Waals surface area contributed by atoms with Crippen LogP contribution in [0.4, 0.5) is 0 Å². The zero-order valence-electron chi connectivity index (χ0n) is 23.1. The number of carbonyl (C=O) groups excluding carboxylic acids is 1. The number of hydrogen-bond donors (Lipinski definition) is 0. The first-order chi connectivity index (χ1) is 18.9. The van der Waals surface area contributed by atoms with Crippen molar-refractivity contribution < 1.29 is 19.0 Å². The summed E-state index contributed by atoms with van der Waals surface area (Å²) in [4.78, 5) is 34.7. The number of ether oxygens (including phenoxy) is 3. The van der Waals surface area contributed by atoms with Crippen LogP contribution in [0.15, 0.2) is 71.5 Å². The van der Waals surface area contributed by atoms with Crippen molar-refractivity contribution in [2.45, 2.75) is 39.7 Å². The van der Waals surface area contributed by atoms with Gasteiger partial charge in [-0.2, -0.15) is 0 Å². The molecule has 0 bridgehead atoms. The summed E-state index contributed by atoms with van der Waals surface area (Å²) in [7, 11) is 3.10. The molecular formula is C31H35N3O5. The Bertz CT molecular complexity index is 1490. The molecule has 1 unspecified atom stereocenters. The summed E-state index contributed by atoms with van der Waals surface area (Å²) >= 11 is 0. The first-order valence-electron chi connectivity index (χ1n) is 13.2. The highest BCUT2D eigenvalue weighted by atomic mass is 16.5. The van der Waals surface area contributed by atoms with Gasteiger partial charge in [0, 0.05) is 18.2 Å². The van der Waals surface area contributed by atoms with Crippen LogP contribution in [0.1, 0.15) is 55.8 Å². The van der Waals surface area contributed by atoms with Crippen LogP contribution in [0.2, 0.25) is 0 Å². The number of carbonyl (C=O) groups is 1. The number of fused-ring (bicyclic) bond motifs is 1. The van der Waals surface area contributed by atoms with Gasteiger partial charge in [-0.15, -0.1) is 0 Å². The van der Waals surface area contributed by atoms with Crippen LogP contribution in [0.5, 0.6) is 17.2 Å². The lowest BCUT2D eigenvalue weighted by Gasteiger charge is -2.31. The molecule has 0 aliphatic carbocycles. The molecule has 0 fully saturated rings. The lowest BCUT2D eigenvalue weighted by atomic mass is 10.1. The predicted octanol–water partition coefficient (Wildman–Crippen LogP) is 5.81. The number of methoxy groups -OCH3 is 2. The summed E-state index contributed by atoms with van der Waals surface area (Å²) in [6.45, 7) is 6.79. The highest BCUT2D eigenvalue weighted by Gasteiger charge is 2.28. The van der Waals surface area contributed by atoms with E-state index in [0.29, 0.717) is 58.4 Å². The minimum absolute atomic E-state index is 0.208. The largest absolute Gasteiger partial charge is 0.497 e. The van der Waals surface area contributed by atoms with Gasteiger partial charge in [0.1, 0.15) is 23.1 Å². The predicted molar refractivity (Wildman–Crippen MR) is 152 cm³/mol. The third-order valence-electron chi connectivity index (χ3n) is 6.66. The van der Waals surface area contributed by atoms with E-state index >= 15 is 0 Å². The van der Waals surface area contributed by atoms with Gasteiger partial charge < -0.3 is 19.1 Å². The minimum Gasteiger partial charge on any atom is -0.497 e. The number of amides is 1. The topological polar surface area (TPSA) is 82.9 Å². The highest BCUT2D eigenvalue weighted by molar-refractivity contribution is 5.95. The molecule has 1 aromatic heterocycles. The number of benzene rings is 3. The smallest absolute Gasteiger partial charge is 0.266 e. The van der Waals surface area contributed by atoms with Crippen LogP contribution in [-0.2, 0) is 0 Å². The number of rotatable bonds is 11. The van der Waals surface area contributed by atoms with Crippen molar-refractivity contribution in [1.29, 1.82) is 0 Å². The lowest BCUT2D eigenvalue weighted by Crippen LogP contribution is -2.38. The van der Waals surface area contributed by atoms with Crippen LogP contribution in [0, 0.1) is 0 Å². The Labute approximate surface area is 228 Å². The van der Waals surface area contributed by atoms with E-state index in [1.807, 2.05) is 56.3 Å². The van der Waals surface area contributed by atoms with Crippen molar-refractivity contribution in [3.63, 3.8) is 0 Å². The summed E-state index contributed by atoms with van der Waals surface area (Å²) < 4.78 is 18.3. The van der Waals surface area contributed by atoms with E-state index in [9.17, 15) is 9.59 Å². The molecule has 1 heterocycles. The van der Waals surface area contributed by atoms with Crippen LogP contribution in [0.3, 0.4) is 0 Å². The lowest BCUT2D eigenvalue weighted by molar-refractivity contribution is 0.0677. The third-order valence-corrected chi connectivity index (χ3v) is 6.66. The van der Waals surface area contributed by atoms with Crippen molar-refractivity contribution in [3.05, 3.63) is 88.5 Å². The fraction of sp³-hybridized carbons (Fsp3) is 0.323. The molecule has 0 spiro atoms. The fourth-order valence-corrected chi connectivity index (χ4v) is 4.62.